The van der Waals surface area contributed by atoms with Crippen LogP contribution in [0.2, 0.25) is 5.04 Å². The van der Waals surface area contributed by atoms with Crippen LogP contribution in [-0.4, -0.2) is 65.6 Å². The monoisotopic (exact) mass is 565 g/mol. The number of ether oxygens (including phenoxy) is 2. The second-order valence-electron chi connectivity index (χ2n) is 11.6. The van der Waals surface area contributed by atoms with E-state index in [2.05, 4.69) is 105 Å². The van der Waals surface area contributed by atoms with Gasteiger partial charge in [-0.2, -0.15) is 5.06 Å². The highest BCUT2D eigenvalue weighted by atomic mass is 28.4. The van der Waals surface area contributed by atoms with Crippen LogP contribution in [0.25, 0.3) is 0 Å². The fraction of sp³-hybridized carbons (Fsp3) is 0.371. The number of nitrogens with zero attached hydrogens (tertiary/aromatic N) is 1. The molecule has 1 fully saturated rings. The Morgan fingerprint density at radius 3 is 1.83 bits per heavy atom. The summed E-state index contributed by atoms with van der Waals surface area (Å²) in [6.07, 6.45) is -0.169. The van der Waals surface area contributed by atoms with Crippen LogP contribution in [-0.2, 0) is 18.7 Å². The minimum absolute atomic E-state index is 0.0158. The van der Waals surface area contributed by atoms with Crippen molar-refractivity contribution < 1.29 is 18.7 Å². The predicted octanol–water partition coefficient (Wildman–Crippen LogP) is 4.24. The molecule has 41 heavy (non-hydrogen) atoms. The van der Waals surface area contributed by atoms with Crippen molar-refractivity contribution in [3.05, 3.63) is 96.1 Å². The Morgan fingerprint density at radius 2 is 1.29 bits per heavy atom. The third-order valence-electron chi connectivity index (χ3n) is 7.94. The van der Waals surface area contributed by atoms with E-state index in [9.17, 15) is 0 Å². The van der Waals surface area contributed by atoms with Crippen LogP contribution < -0.4 is 10.4 Å². The number of fused-ring (bicyclic) bond motifs is 2. The molecule has 3 atom stereocenters. The minimum atomic E-state index is -2.70. The molecule has 0 unspecified atom stereocenters. The van der Waals surface area contributed by atoms with E-state index in [0.29, 0.717) is 33.0 Å². The summed E-state index contributed by atoms with van der Waals surface area (Å²) in [6, 6.07) is 29.4. The SMILES string of the molecule is CN1O[C@@H]2COCC#Cc3ccccc3C#CCOC[C@@H]2[C@@H]1CO[Si](c1ccccc1)(c1ccccc1)C(C)(C)C. The molecule has 2 heterocycles. The van der Waals surface area contributed by atoms with Gasteiger partial charge in [0.2, 0.25) is 0 Å². The van der Waals surface area contributed by atoms with E-state index in [1.807, 2.05) is 36.4 Å². The molecule has 0 saturated carbocycles. The number of hydrogen-bond donors (Lipinski definition) is 0. The molecule has 2 aliphatic heterocycles. The minimum Gasteiger partial charge on any atom is -0.406 e. The Bertz CT molecular complexity index is 1380. The molecule has 0 amide bonds. The first-order valence-corrected chi connectivity index (χ1v) is 16.2. The van der Waals surface area contributed by atoms with Gasteiger partial charge in [0.05, 0.1) is 25.9 Å². The van der Waals surface area contributed by atoms with Crippen molar-refractivity contribution in [2.45, 2.75) is 38.0 Å². The fourth-order valence-corrected chi connectivity index (χ4v) is 10.5. The van der Waals surface area contributed by atoms with Crippen molar-refractivity contribution in [1.82, 2.24) is 5.06 Å². The van der Waals surface area contributed by atoms with Gasteiger partial charge in [-0.25, -0.2) is 0 Å². The lowest BCUT2D eigenvalue weighted by Gasteiger charge is -2.44. The highest BCUT2D eigenvalue weighted by molar-refractivity contribution is 6.99. The number of likely N-dealkylation sites (N-methyl/N-ethyl adjacent to an activating group) is 1. The van der Waals surface area contributed by atoms with Gasteiger partial charge in [-0.1, -0.05) is 117 Å². The molecule has 5 nitrogen and oxygen atoms in total. The summed E-state index contributed by atoms with van der Waals surface area (Å²) in [5.74, 6) is 12.8. The van der Waals surface area contributed by atoms with Crippen LogP contribution in [0.1, 0.15) is 31.9 Å². The number of benzene rings is 3. The summed E-state index contributed by atoms with van der Waals surface area (Å²) in [6.45, 7) is 8.98. The van der Waals surface area contributed by atoms with Crippen LogP contribution in [0.4, 0.5) is 0 Å². The molecule has 0 radical (unpaired) electrons. The van der Waals surface area contributed by atoms with Crippen molar-refractivity contribution in [3.8, 4) is 23.7 Å². The summed E-state index contributed by atoms with van der Waals surface area (Å²) in [4.78, 5) is 6.34. The average molecular weight is 566 g/mol. The smallest absolute Gasteiger partial charge is 0.261 e. The largest absolute Gasteiger partial charge is 0.406 e. The van der Waals surface area contributed by atoms with E-state index < -0.39 is 8.32 Å². The van der Waals surface area contributed by atoms with Crippen LogP contribution in [0, 0.1) is 29.6 Å². The first-order chi connectivity index (χ1) is 19.9. The van der Waals surface area contributed by atoms with Gasteiger partial charge in [-0.05, 0) is 27.5 Å². The zero-order valence-corrected chi connectivity index (χ0v) is 25.4. The zero-order chi connectivity index (χ0) is 28.7. The predicted molar refractivity (Wildman–Crippen MR) is 165 cm³/mol. The van der Waals surface area contributed by atoms with Crippen molar-refractivity contribution >= 4 is 18.7 Å². The van der Waals surface area contributed by atoms with Crippen molar-refractivity contribution in [1.29, 1.82) is 0 Å². The Hall–Kier alpha value is -3.20. The molecule has 6 heteroatoms. The molecule has 0 bridgehead atoms. The molecule has 5 rings (SSSR count). The molecule has 0 spiro atoms. The molecule has 0 aromatic heterocycles. The third-order valence-corrected chi connectivity index (χ3v) is 12.9. The molecule has 3 aromatic carbocycles. The highest BCUT2D eigenvalue weighted by Crippen LogP contribution is 2.38. The molecular formula is C35H39NO4Si. The standard InChI is InChI=1S/C35H39NO4Si/c1-35(2,3)41(30-19-7-5-8-20-30,31-21-9-6-10-22-31)39-26-33-32-25-37-23-13-17-28-15-11-12-16-29(28)18-14-24-38-27-34(32)40-36(33)4/h5-12,15-16,19-22,32-34H,23-27H2,1-4H3/t32-,33+,34-/m1/s1. The van der Waals surface area contributed by atoms with Gasteiger partial charge < -0.3 is 13.9 Å². The van der Waals surface area contributed by atoms with Crippen molar-refractivity contribution in [2.75, 3.05) is 40.1 Å². The lowest BCUT2D eigenvalue weighted by atomic mass is 9.96. The molecule has 2 aliphatic rings. The van der Waals surface area contributed by atoms with Crippen molar-refractivity contribution in [3.63, 3.8) is 0 Å². The molecule has 1 saturated heterocycles. The van der Waals surface area contributed by atoms with Crippen LogP contribution >= 0.6 is 0 Å². The lowest BCUT2D eigenvalue weighted by molar-refractivity contribution is -0.160. The van der Waals surface area contributed by atoms with Gasteiger partial charge in [0.1, 0.15) is 19.3 Å². The highest BCUT2D eigenvalue weighted by Gasteiger charge is 2.52. The third kappa shape index (κ3) is 6.50. The van der Waals surface area contributed by atoms with Crippen LogP contribution in [0.5, 0.6) is 0 Å². The number of hydroxylamine groups is 2. The summed E-state index contributed by atoms with van der Waals surface area (Å²) in [5, 5.41) is 4.35. The van der Waals surface area contributed by atoms with E-state index in [1.165, 1.54) is 10.4 Å². The fourth-order valence-electron chi connectivity index (χ4n) is 5.90. The van der Waals surface area contributed by atoms with Crippen LogP contribution in [0.3, 0.4) is 0 Å². The van der Waals surface area contributed by atoms with Gasteiger partial charge in [0.15, 0.2) is 0 Å². The Labute approximate surface area is 245 Å². The van der Waals surface area contributed by atoms with E-state index in [4.69, 9.17) is 18.7 Å². The average Bonchev–Trinajstić information content (AvgIpc) is 3.27. The van der Waals surface area contributed by atoms with Gasteiger partial charge in [-0.3, -0.25) is 4.84 Å². The molecule has 212 valence electrons. The van der Waals surface area contributed by atoms with Gasteiger partial charge in [-0.15, -0.1) is 0 Å². The summed E-state index contributed by atoms with van der Waals surface area (Å²) < 4.78 is 19.4. The zero-order valence-electron chi connectivity index (χ0n) is 24.4. The Balaban J connectivity index is 1.41. The van der Waals surface area contributed by atoms with E-state index in [0.717, 1.165) is 11.1 Å². The lowest BCUT2D eigenvalue weighted by Crippen LogP contribution is -2.67. The maximum absolute atomic E-state index is 7.29. The van der Waals surface area contributed by atoms with E-state index in [1.54, 1.807) is 0 Å². The second-order valence-corrected chi connectivity index (χ2v) is 15.9. The summed E-state index contributed by atoms with van der Waals surface area (Å²) in [7, 11) is -0.716. The quantitative estimate of drug-likeness (QED) is 0.342. The maximum atomic E-state index is 7.29. The van der Waals surface area contributed by atoms with E-state index in [-0.39, 0.29) is 23.1 Å². The van der Waals surface area contributed by atoms with Gasteiger partial charge >= 0.3 is 0 Å². The second kappa shape index (κ2) is 13.2. The molecule has 0 aliphatic carbocycles. The summed E-state index contributed by atoms with van der Waals surface area (Å²) in [5.41, 5.74) is 1.80. The topological polar surface area (TPSA) is 40.2 Å². The summed E-state index contributed by atoms with van der Waals surface area (Å²) >= 11 is 0. The van der Waals surface area contributed by atoms with Crippen molar-refractivity contribution in [2.24, 2.45) is 5.92 Å². The van der Waals surface area contributed by atoms with Gasteiger partial charge in [0, 0.05) is 24.1 Å². The first-order valence-electron chi connectivity index (χ1n) is 14.3. The molecular weight excluding hydrogens is 526 g/mol. The van der Waals surface area contributed by atoms with Crippen LogP contribution in [0.15, 0.2) is 84.9 Å². The Morgan fingerprint density at radius 1 is 0.780 bits per heavy atom. The normalized spacial score (nSPS) is 21.8. The number of hydrogen-bond acceptors (Lipinski definition) is 5. The molecule has 3 aromatic rings. The number of rotatable bonds is 5. The maximum Gasteiger partial charge on any atom is 0.261 e. The molecule has 0 N–H and O–H groups in total. The van der Waals surface area contributed by atoms with Gasteiger partial charge in [0.25, 0.3) is 8.32 Å². The Kier molecular flexibility index (Phi) is 9.42. The first kappa shape index (κ1) is 29.3. The van der Waals surface area contributed by atoms with E-state index >= 15 is 0 Å².